The third-order valence-electron chi connectivity index (χ3n) is 4.69. The van der Waals surface area contributed by atoms with Crippen LogP contribution in [-0.2, 0) is 11.3 Å². The van der Waals surface area contributed by atoms with Crippen molar-refractivity contribution in [2.75, 3.05) is 32.9 Å². The molecule has 0 aromatic heterocycles. The van der Waals surface area contributed by atoms with Gasteiger partial charge in [-0.05, 0) is 43.2 Å². The number of benzene rings is 2. The number of hydrogen-bond acceptors (Lipinski definition) is 4. The summed E-state index contributed by atoms with van der Waals surface area (Å²) in [5.41, 5.74) is 2.97. The molecule has 0 saturated carbocycles. The highest BCUT2D eigenvalue weighted by molar-refractivity contribution is 5.94. The molecule has 1 N–H and O–H groups in total. The lowest BCUT2D eigenvalue weighted by Gasteiger charge is -2.26. The highest BCUT2D eigenvalue weighted by Crippen LogP contribution is 2.16. The number of hydrogen-bond donors (Lipinski definition) is 1. The van der Waals surface area contributed by atoms with Crippen molar-refractivity contribution in [3.05, 3.63) is 65.2 Å². The van der Waals surface area contributed by atoms with Gasteiger partial charge in [0.1, 0.15) is 12.4 Å². The topological polar surface area (TPSA) is 50.8 Å². The van der Waals surface area contributed by atoms with Crippen LogP contribution in [0, 0.1) is 6.92 Å². The number of carbonyl (C=O) groups is 1. The van der Waals surface area contributed by atoms with Crippen molar-refractivity contribution in [2.24, 2.45) is 0 Å². The summed E-state index contributed by atoms with van der Waals surface area (Å²) < 4.78 is 11.2. The van der Waals surface area contributed by atoms with Gasteiger partial charge in [0.05, 0.1) is 19.3 Å². The maximum atomic E-state index is 12.4. The van der Waals surface area contributed by atoms with E-state index in [0.29, 0.717) is 12.2 Å². The molecular formula is C22H28N2O3. The number of rotatable bonds is 7. The second kappa shape index (κ2) is 9.53. The Hall–Kier alpha value is -2.37. The zero-order valence-corrected chi connectivity index (χ0v) is 16.1. The molecule has 1 aliphatic heterocycles. The zero-order valence-electron chi connectivity index (χ0n) is 16.1. The van der Waals surface area contributed by atoms with E-state index in [9.17, 15) is 4.79 Å². The van der Waals surface area contributed by atoms with Crippen LogP contribution in [0.1, 0.15) is 28.4 Å². The van der Waals surface area contributed by atoms with Gasteiger partial charge in [-0.3, -0.25) is 9.69 Å². The average Bonchev–Trinajstić information content (AvgIpc) is 2.69. The zero-order chi connectivity index (χ0) is 19.1. The largest absolute Gasteiger partial charge is 0.491 e. The first-order chi connectivity index (χ1) is 13.1. The normalized spacial score (nSPS) is 15.9. The summed E-state index contributed by atoms with van der Waals surface area (Å²) in [6.07, 6.45) is 0. The smallest absolute Gasteiger partial charge is 0.251 e. The Balaban J connectivity index is 1.47. The highest BCUT2D eigenvalue weighted by Gasteiger charge is 2.13. The number of carbonyl (C=O) groups excluding carboxylic acids is 1. The van der Waals surface area contributed by atoms with Crippen LogP contribution < -0.4 is 10.1 Å². The van der Waals surface area contributed by atoms with E-state index in [1.54, 1.807) is 0 Å². The molecule has 1 atom stereocenters. The Morgan fingerprint density at radius 1 is 1.15 bits per heavy atom. The van der Waals surface area contributed by atoms with Gasteiger partial charge in [0.25, 0.3) is 5.91 Å². The van der Waals surface area contributed by atoms with Crippen molar-refractivity contribution in [3.63, 3.8) is 0 Å². The average molecular weight is 368 g/mol. The van der Waals surface area contributed by atoms with Gasteiger partial charge in [-0.15, -0.1) is 0 Å². The van der Waals surface area contributed by atoms with Gasteiger partial charge in [0.2, 0.25) is 0 Å². The molecule has 2 aromatic rings. The van der Waals surface area contributed by atoms with Crippen LogP contribution in [0.3, 0.4) is 0 Å². The van der Waals surface area contributed by atoms with E-state index in [2.05, 4.69) is 10.2 Å². The van der Waals surface area contributed by atoms with Crippen LogP contribution in [0.25, 0.3) is 0 Å². The van der Waals surface area contributed by atoms with Crippen LogP contribution in [-0.4, -0.2) is 49.8 Å². The van der Waals surface area contributed by atoms with Gasteiger partial charge in [-0.25, -0.2) is 0 Å². The van der Waals surface area contributed by atoms with Gasteiger partial charge in [-0.1, -0.05) is 30.3 Å². The van der Waals surface area contributed by atoms with Gasteiger partial charge in [0.15, 0.2) is 0 Å². The van der Waals surface area contributed by atoms with E-state index in [1.807, 2.05) is 62.4 Å². The van der Waals surface area contributed by atoms with E-state index in [4.69, 9.17) is 9.47 Å². The Morgan fingerprint density at radius 2 is 1.85 bits per heavy atom. The van der Waals surface area contributed by atoms with E-state index >= 15 is 0 Å². The first-order valence-electron chi connectivity index (χ1n) is 9.50. The molecular weight excluding hydrogens is 340 g/mol. The molecule has 5 heteroatoms. The minimum atomic E-state index is -0.0786. The van der Waals surface area contributed by atoms with E-state index in [-0.39, 0.29) is 11.9 Å². The Kier molecular flexibility index (Phi) is 6.85. The summed E-state index contributed by atoms with van der Waals surface area (Å²) in [5, 5.41) is 3.00. The number of nitrogens with zero attached hydrogens (tertiary/aromatic N) is 1. The standard InChI is InChI=1S/C22H28N2O3/c1-17-5-3-4-6-21(17)27-16-18(2)23-22(25)20-9-7-19(8-10-20)15-24-11-13-26-14-12-24/h3-10,18H,11-16H2,1-2H3,(H,23,25)/t18-/m0/s1. The second-order valence-corrected chi connectivity index (χ2v) is 7.04. The fraction of sp³-hybridized carbons (Fsp3) is 0.409. The molecule has 1 amide bonds. The Morgan fingerprint density at radius 3 is 2.56 bits per heavy atom. The molecule has 5 nitrogen and oxygen atoms in total. The summed E-state index contributed by atoms with van der Waals surface area (Å²) in [7, 11) is 0. The number of para-hydroxylation sites is 1. The van der Waals surface area contributed by atoms with Crippen molar-refractivity contribution >= 4 is 5.91 Å². The predicted octanol–water partition coefficient (Wildman–Crippen LogP) is 3.02. The van der Waals surface area contributed by atoms with Crippen molar-refractivity contribution in [1.29, 1.82) is 0 Å². The summed E-state index contributed by atoms with van der Waals surface area (Å²) in [5.74, 6) is 0.778. The Labute approximate surface area is 161 Å². The van der Waals surface area contributed by atoms with Gasteiger partial charge in [-0.2, -0.15) is 0 Å². The lowest BCUT2D eigenvalue weighted by molar-refractivity contribution is 0.0342. The predicted molar refractivity (Wildman–Crippen MR) is 106 cm³/mol. The number of nitrogens with one attached hydrogen (secondary N) is 1. The van der Waals surface area contributed by atoms with Gasteiger partial charge in [0, 0.05) is 25.2 Å². The van der Waals surface area contributed by atoms with E-state index in [1.165, 1.54) is 5.56 Å². The van der Waals surface area contributed by atoms with E-state index in [0.717, 1.165) is 44.2 Å². The first kappa shape index (κ1) is 19.4. The molecule has 144 valence electrons. The number of aryl methyl sites for hydroxylation is 1. The third kappa shape index (κ3) is 5.81. The van der Waals surface area contributed by atoms with Crippen molar-refractivity contribution in [2.45, 2.75) is 26.4 Å². The molecule has 0 aliphatic carbocycles. The van der Waals surface area contributed by atoms with Crippen LogP contribution in [0.5, 0.6) is 5.75 Å². The number of ether oxygens (including phenoxy) is 2. The fourth-order valence-electron chi connectivity index (χ4n) is 3.06. The molecule has 1 aliphatic rings. The molecule has 1 heterocycles. The molecule has 0 unspecified atom stereocenters. The van der Waals surface area contributed by atoms with Crippen molar-refractivity contribution in [1.82, 2.24) is 10.2 Å². The Bertz CT molecular complexity index is 739. The summed E-state index contributed by atoms with van der Waals surface area (Å²) >= 11 is 0. The lowest BCUT2D eigenvalue weighted by atomic mass is 10.1. The van der Waals surface area contributed by atoms with Crippen molar-refractivity contribution in [3.8, 4) is 5.75 Å². The number of amides is 1. The molecule has 1 fully saturated rings. The molecule has 0 bridgehead atoms. The van der Waals surface area contributed by atoms with Crippen LogP contribution >= 0.6 is 0 Å². The maximum Gasteiger partial charge on any atom is 0.251 e. The van der Waals surface area contributed by atoms with Gasteiger partial charge >= 0.3 is 0 Å². The quantitative estimate of drug-likeness (QED) is 0.816. The molecule has 27 heavy (non-hydrogen) atoms. The minimum absolute atomic E-state index is 0.0752. The van der Waals surface area contributed by atoms with Crippen LogP contribution in [0.2, 0.25) is 0 Å². The lowest BCUT2D eigenvalue weighted by Crippen LogP contribution is -2.37. The first-order valence-corrected chi connectivity index (χ1v) is 9.50. The molecule has 0 radical (unpaired) electrons. The van der Waals surface area contributed by atoms with Crippen LogP contribution in [0.4, 0.5) is 0 Å². The van der Waals surface area contributed by atoms with E-state index < -0.39 is 0 Å². The maximum absolute atomic E-state index is 12.4. The molecule has 2 aromatic carbocycles. The molecule has 0 spiro atoms. The molecule has 1 saturated heterocycles. The minimum Gasteiger partial charge on any atom is -0.491 e. The highest BCUT2D eigenvalue weighted by atomic mass is 16.5. The SMILES string of the molecule is Cc1ccccc1OC[C@H](C)NC(=O)c1ccc(CN2CCOCC2)cc1. The molecule has 3 rings (SSSR count). The summed E-state index contributed by atoms with van der Waals surface area (Å²) in [6.45, 7) is 8.80. The third-order valence-corrected chi connectivity index (χ3v) is 4.69. The van der Waals surface area contributed by atoms with Crippen molar-refractivity contribution < 1.29 is 14.3 Å². The van der Waals surface area contributed by atoms with Crippen LogP contribution in [0.15, 0.2) is 48.5 Å². The summed E-state index contributed by atoms with van der Waals surface area (Å²) in [4.78, 5) is 14.8. The fourth-order valence-corrected chi connectivity index (χ4v) is 3.06. The summed E-state index contributed by atoms with van der Waals surface area (Å²) in [6, 6.07) is 15.6. The number of morpholine rings is 1. The van der Waals surface area contributed by atoms with Gasteiger partial charge < -0.3 is 14.8 Å². The monoisotopic (exact) mass is 368 g/mol. The second-order valence-electron chi connectivity index (χ2n) is 7.04.